The number of nitrogens with zero attached hydrogens (tertiary/aromatic N) is 2. The highest BCUT2D eigenvalue weighted by Crippen LogP contribution is 1.93. The molecule has 0 aromatic carbocycles. The minimum atomic E-state index is -0.488. The van der Waals surface area contributed by atoms with Gasteiger partial charge in [-0.2, -0.15) is 0 Å². The molecule has 0 saturated heterocycles. The zero-order valence-corrected chi connectivity index (χ0v) is 8.32. The molecular formula is C9H14N4O. The van der Waals surface area contributed by atoms with Gasteiger partial charge in [-0.15, -0.1) is 0 Å². The van der Waals surface area contributed by atoms with E-state index in [1.807, 2.05) is 0 Å². The minimum absolute atomic E-state index is 0.179. The third kappa shape index (κ3) is 3.10. The highest BCUT2D eigenvalue weighted by atomic mass is 16.2. The highest BCUT2D eigenvalue weighted by Gasteiger charge is 2.06. The summed E-state index contributed by atoms with van der Waals surface area (Å²) in [6, 6.07) is 1.27. The molecule has 0 radical (unpaired) electrons. The van der Waals surface area contributed by atoms with Crippen LogP contribution >= 0.6 is 0 Å². The molecule has 1 heterocycles. The fourth-order valence-electron chi connectivity index (χ4n) is 0.942. The van der Waals surface area contributed by atoms with E-state index in [2.05, 4.69) is 15.3 Å². The first-order chi connectivity index (χ1) is 6.59. The van der Waals surface area contributed by atoms with Crippen molar-refractivity contribution < 1.29 is 4.79 Å². The second-order valence-electron chi connectivity index (χ2n) is 3.10. The standard InChI is InChI=1S/C9H14N4O/c1-6(10)9(14)12-5-8-3-4-11-7(2)13-8/h3-4,6H,5,10H2,1-2H3,(H,12,14)/t6-/m1/s1. The maximum absolute atomic E-state index is 11.1. The van der Waals surface area contributed by atoms with E-state index >= 15 is 0 Å². The van der Waals surface area contributed by atoms with Crippen molar-refractivity contribution in [3.8, 4) is 0 Å². The lowest BCUT2D eigenvalue weighted by Gasteiger charge is -2.06. The summed E-state index contributed by atoms with van der Waals surface area (Å²) >= 11 is 0. The molecule has 76 valence electrons. The van der Waals surface area contributed by atoms with Gasteiger partial charge < -0.3 is 11.1 Å². The summed E-state index contributed by atoms with van der Waals surface area (Å²) in [6.45, 7) is 3.83. The average Bonchev–Trinajstić information content (AvgIpc) is 2.14. The van der Waals surface area contributed by atoms with Gasteiger partial charge in [-0.25, -0.2) is 9.97 Å². The third-order valence-electron chi connectivity index (χ3n) is 1.69. The zero-order valence-electron chi connectivity index (χ0n) is 8.32. The third-order valence-corrected chi connectivity index (χ3v) is 1.69. The summed E-state index contributed by atoms with van der Waals surface area (Å²) in [5.74, 6) is 0.513. The number of nitrogens with one attached hydrogen (secondary N) is 1. The molecule has 0 spiro atoms. The Bertz CT molecular complexity index is 324. The maximum atomic E-state index is 11.1. The number of hydrogen-bond acceptors (Lipinski definition) is 4. The van der Waals surface area contributed by atoms with E-state index in [0.717, 1.165) is 5.69 Å². The van der Waals surface area contributed by atoms with E-state index in [1.165, 1.54) is 0 Å². The zero-order chi connectivity index (χ0) is 10.6. The molecule has 14 heavy (non-hydrogen) atoms. The first kappa shape index (κ1) is 10.6. The Morgan fingerprint density at radius 3 is 3.00 bits per heavy atom. The first-order valence-corrected chi connectivity index (χ1v) is 4.41. The Morgan fingerprint density at radius 1 is 1.71 bits per heavy atom. The molecule has 1 aromatic rings. The molecular weight excluding hydrogens is 180 g/mol. The van der Waals surface area contributed by atoms with Crippen LogP contribution in [0.4, 0.5) is 0 Å². The number of rotatable bonds is 3. The van der Waals surface area contributed by atoms with Crippen molar-refractivity contribution in [2.24, 2.45) is 5.73 Å². The van der Waals surface area contributed by atoms with Gasteiger partial charge in [0.2, 0.25) is 5.91 Å². The number of carbonyl (C=O) groups is 1. The van der Waals surface area contributed by atoms with Crippen LogP contribution in [0.25, 0.3) is 0 Å². The lowest BCUT2D eigenvalue weighted by molar-refractivity contribution is -0.122. The number of aryl methyl sites for hydroxylation is 1. The molecule has 0 bridgehead atoms. The average molecular weight is 194 g/mol. The Morgan fingerprint density at radius 2 is 2.43 bits per heavy atom. The van der Waals surface area contributed by atoms with Crippen molar-refractivity contribution in [3.63, 3.8) is 0 Å². The highest BCUT2D eigenvalue weighted by molar-refractivity contribution is 5.80. The van der Waals surface area contributed by atoms with Gasteiger partial charge in [-0.1, -0.05) is 0 Å². The van der Waals surface area contributed by atoms with Gasteiger partial charge >= 0.3 is 0 Å². The second-order valence-corrected chi connectivity index (χ2v) is 3.10. The Labute approximate surface area is 82.7 Å². The number of amides is 1. The van der Waals surface area contributed by atoms with Crippen molar-refractivity contribution >= 4 is 5.91 Å². The Balaban J connectivity index is 2.50. The van der Waals surface area contributed by atoms with E-state index in [4.69, 9.17) is 5.73 Å². The Kier molecular flexibility index (Phi) is 3.53. The molecule has 1 amide bonds. The van der Waals surface area contributed by atoms with Crippen LogP contribution in [0.15, 0.2) is 12.3 Å². The summed E-state index contributed by atoms with van der Waals surface area (Å²) in [5.41, 5.74) is 6.17. The van der Waals surface area contributed by atoms with E-state index in [0.29, 0.717) is 12.4 Å². The summed E-state index contributed by atoms with van der Waals surface area (Å²) in [4.78, 5) is 19.2. The lowest BCUT2D eigenvalue weighted by atomic mass is 10.3. The number of carbonyl (C=O) groups excluding carboxylic acids is 1. The van der Waals surface area contributed by atoms with Gasteiger partial charge in [0.1, 0.15) is 5.82 Å². The SMILES string of the molecule is Cc1nccc(CNC(=O)[C@@H](C)N)n1. The molecule has 0 saturated carbocycles. The van der Waals surface area contributed by atoms with E-state index < -0.39 is 6.04 Å². The Hall–Kier alpha value is -1.49. The van der Waals surface area contributed by atoms with Crippen LogP contribution in [0.3, 0.4) is 0 Å². The molecule has 3 N–H and O–H groups in total. The molecule has 5 nitrogen and oxygen atoms in total. The first-order valence-electron chi connectivity index (χ1n) is 4.41. The van der Waals surface area contributed by atoms with Crippen LogP contribution < -0.4 is 11.1 Å². The number of nitrogens with two attached hydrogens (primary N) is 1. The van der Waals surface area contributed by atoms with Crippen molar-refractivity contribution in [3.05, 3.63) is 23.8 Å². The molecule has 1 aromatic heterocycles. The largest absolute Gasteiger partial charge is 0.349 e. The van der Waals surface area contributed by atoms with Crippen LogP contribution in [-0.2, 0) is 11.3 Å². The van der Waals surface area contributed by atoms with Crippen molar-refractivity contribution in [2.75, 3.05) is 0 Å². The summed E-state index contributed by atoms with van der Waals surface area (Å²) in [5, 5.41) is 2.67. The fraction of sp³-hybridized carbons (Fsp3) is 0.444. The number of hydrogen-bond donors (Lipinski definition) is 2. The van der Waals surface area contributed by atoms with Gasteiger partial charge in [0.15, 0.2) is 0 Å². The van der Waals surface area contributed by atoms with E-state index in [9.17, 15) is 4.79 Å². The van der Waals surface area contributed by atoms with Gasteiger partial charge in [0.25, 0.3) is 0 Å². The van der Waals surface area contributed by atoms with Crippen LogP contribution in [0.1, 0.15) is 18.4 Å². The van der Waals surface area contributed by atoms with Crippen molar-refractivity contribution in [1.82, 2.24) is 15.3 Å². The van der Waals surface area contributed by atoms with Crippen molar-refractivity contribution in [1.29, 1.82) is 0 Å². The number of aromatic nitrogens is 2. The molecule has 0 aliphatic carbocycles. The molecule has 0 aliphatic heterocycles. The topological polar surface area (TPSA) is 80.9 Å². The quantitative estimate of drug-likeness (QED) is 0.695. The maximum Gasteiger partial charge on any atom is 0.236 e. The monoisotopic (exact) mass is 194 g/mol. The lowest BCUT2D eigenvalue weighted by Crippen LogP contribution is -2.38. The fourth-order valence-corrected chi connectivity index (χ4v) is 0.942. The van der Waals surface area contributed by atoms with Crippen molar-refractivity contribution in [2.45, 2.75) is 26.4 Å². The summed E-state index contributed by atoms with van der Waals surface area (Å²) < 4.78 is 0. The van der Waals surface area contributed by atoms with Gasteiger partial charge in [0.05, 0.1) is 18.3 Å². The normalized spacial score (nSPS) is 12.2. The molecule has 5 heteroatoms. The molecule has 1 rings (SSSR count). The van der Waals surface area contributed by atoms with Crippen LogP contribution in [0, 0.1) is 6.92 Å². The second kappa shape index (κ2) is 4.66. The molecule has 0 unspecified atom stereocenters. The molecule has 1 atom stereocenters. The predicted molar refractivity (Wildman–Crippen MR) is 52.3 cm³/mol. The molecule has 0 aliphatic rings. The van der Waals surface area contributed by atoms with Crippen LogP contribution in [0.5, 0.6) is 0 Å². The van der Waals surface area contributed by atoms with Gasteiger partial charge in [0, 0.05) is 6.20 Å². The smallest absolute Gasteiger partial charge is 0.236 e. The van der Waals surface area contributed by atoms with E-state index in [1.54, 1.807) is 26.1 Å². The molecule has 0 fully saturated rings. The minimum Gasteiger partial charge on any atom is -0.349 e. The van der Waals surface area contributed by atoms with Crippen LogP contribution in [0.2, 0.25) is 0 Å². The van der Waals surface area contributed by atoms with Crippen LogP contribution in [-0.4, -0.2) is 21.9 Å². The summed E-state index contributed by atoms with van der Waals surface area (Å²) in [7, 11) is 0. The predicted octanol–water partition coefficient (Wildman–Crippen LogP) is -0.252. The van der Waals surface area contributed by atoms with Gasteiger partial charge in [-0.3, -0.25) is 4.79 Å². The van der Waals surface area contributed by atoms with E-state index in [-0.39, 0.29) is 5.91 Å². The summed E-state index contributed by atoms with van der Waals surface area (Å²) in [6.07, 6.45) is 1.66. The van der Waals surface area contributed by atoms with Gasteiger partial charge in [-0.05, 0) is 19.9 Å².